The lowest BCUT2D eigenvalue weighted by atomic mass is 10.1. The molecule has 0 heterocycles. The predicted octanol–water partition coefficient (Wildman–Crippen LogP) is 0.986. The second-order valence-corrected chi connectivity index (χ2v) is 4.28. The molecule has 1 aromatic rings. The van der Waals surface area contributed by atoms with Crippen molar-refractivity contribution < 1.29 is 19.5 Å². The van der Waals surface area contributed by atoms with Gasteiger partial charge in [-0.3, -0.25) is 4.79 Å². The summed E-state index contributed by atoms with van der Waals surface area (Å²) in [6.45, 7) is 1.85. The summed E-state index contributed by atoms with van der Waals surface area (Å²) < 4.78 is 13.5. The van der Waals surface area contributed by atoms with Crippen LogP contribution in [0.5, 0.6) is 5.75 Å². The fourth-order valence-electron chi connectivity index (χ4n) is 1.57. The fourth-order valence-corrected chi connectivity index (χ4v) is 1.57. The molecule has 4 N–H and O–H groups in total. The van der Waals surface area contributed by atoms with E-state index in [1.807, 2.05) is 0 Å². The first kappa shape index (κ1) is 14.7. The minimum atomic E-state index is -0.798. The Morgan fingerprint density at radius 2 is 2.21 bits per heavy atom. The van der Waals surface area contributed by atoms with Crippen molar-refractivity contribution in [3.63, 3.8) is 0 Å². The standard InChI is InChI=1S/C12H16FN3O3/c1-7(11(14)15-19)6-16(2)12(18)9-4-3-8(17)5-10(9)13/h3-5,7,17,19H,6H2,1-2H3,(H2,14,15). The Labute approximate surface area is 109 Å². The lowest BCUT2D eigenvalue weighted by Crippen LogP contribution is -2.36. The first-order valence-electron chi connectivity index (χ1n) is 5.58. The Kier molecular flexibility index (Phi) is 4.68. The van der Waals surface area contributed by atoms with Crippen molar-refractivity contribution in [2.75, 3.05) is 13.6 Å². The van der Waals surface area contributed by atoms with Crippen molar-refractivity contribution in [1.29, 1.82) is 0 Å². The fraction of sp³-hybridized carbons (Fsp3) is 0.333. The zero-order valence-electron chi connectivity index (χ0n) is 10.7. The van der Waals surface area contributed by atoms with E-state index >= 15 is 0 Å². The second-order valence-electron chi connectivity index (χ2n) is 4.28. The van der Waals surface area contributed by atoms with Crippen LogP contribution in [0.3, 0.4) is 0 Å². The Bertz CT molecular complexity index is 505. The van der Waals surface area contributed by atoms with E-state index in [-0.39, 0.29) is 29.6 Å². The van der Waals surface area contributed by atoms with E-state index in [9.17, 15) is 9.18 Å². The highest BCUT2D eigenvalue weighted by molar-refractivity contribution is 5.95. The first-order valence-corrected chi connectivity index (χ1v) is 5.58. The Hall–Kier alpha value is -2.31. The molecule has 0 fully saturated rings. The molecule has 0 aliphatic rings. The number of hydrogen-bond acceptors (Lipinski definition) is 4. The van der Waals surface area contributed by atoms with Crippen molar-refractivity contribution in [3.05, 3.63) is 29.6 Å². The third-order valence-corrected chi connectivity index (χ3v) is 2.70. The molecule has 1 atom stereocenters. The molecule has 1 unspecified atom stereocenters. The molecule has 0 saturated heterocycles. The Balaban J connectivity index is 2.82. The van der Waals surface area contributed by atoms with Gasteiger partial charge in [0.25, 0.3) is 5.91 Å². The van der Waals surface area contributed by atoms with Crippen LogP contribution in [0, 0.1) is 11.7 Å². The van der Waals surface area contributed by atoms with Crippen LogP contribution in [0.4, 0.5) is 4.39 Å². The monoisotopic (exact) mass is 269 g/mol. The number of nitrogens with two attached hydrogens (primary N) is 1. The summed E-state index contributed by atoms with van der Waals surface area (Å²) in [7, 11) is 1.48. The number of rotatable bonds is 4. The van der Waals surface area contributed by atoms with Crippen LogP contribution in [0.1, 0.15) is 17.3 Å². The average molecular weight is 269 g/mol. The highest BCUT2D eigenvalue weighted by Gasteiger charge is 2.19. The number of oxime groups is 1. The van der Waals surface area contributed by atoms with Crippen LogP contribution < -0.4 is 5.73 Å². The molecule has 7 heteroatoms. The van der Waals surface area contributed by atoms with E-state index < -0.39 is 11.7 Å². The number of nitrogens with zero attached hydrogens (tertiary/aromatic N) is 2. The molecule has 0 aromatic heterocycles. The zero-order chi connectivity index (χ0) is 14.6. The molecule has 0 aliphatic carbocycles. The quantitative estimate of drug-likeness (QED) is 0.328. The largest absolute Gasteiger partial charge is 0.508 e. The summed E-state index contributed by atoms with van der Waals surface area (Å²) in [5.74, 6) is -1.96. The average Bonchev–Trinajstić information content (AvgIpc) is 2.36. The van der Waals surface area contributed by atoms with E-state index in [0.717, 1.165) is 6.07 Å². The number of phenols is 1. The van der Waals surface area contributed by atoms with Gasteiger partial charge in [0, 0.05) is 25.6 Å². The summed E-state index contributed by atoms with van der Waals surface area (Å²) in [6.07, 6.45) is 0. The lowest BCUT2D eigenvalue weighted by Gasteiger charge is -2.21. The normalized spacial score (nSPS) is 13.1. The van der Waals surface area contributed by atoms with Gasteiger partial charge in [-0.25, -0.2) is 4.39 Å². The van der Waals surface area contributed by atoms with Crippen molar-refractivity contribution in [2.45, 2.75) is 6.92 Å². The SMILES string of the molecule is CC(CN(C)C(=O)c1ccc(O)cc1F)/C(N)=N/O. The number of hydrogen-bond donors (Lipinski definition) is 3. The maximum Gasteiger partial charge on any atom is 0.256 e. The molecular weight excluding hydrogens is 253 g/mol. The van der Waals surface area contributed by atoms with Crippen LogP contribution in [0.15, 0.2) is 23.4 Å². The number of amidine groups is 1. The first-order chi connectivity index (χ1) is 8.86. The number of halogens is 1. The van der Waals surface area contributed by atoms with Gasteiger partial charge < -0.3 is 20.9 Å². The van der Waals surface area contributed by atoms with Crippen LogP contribution in [-0.4, -0.2) is 40.5 Å². The van der Waals surface area contributed by atoms with Crippen molar-refractivity contribution in [3.8, 4) is 5.75 Å². The third-order valence-electron chi connectivity index (χ3n) is 2.70. The summed E-state index contributed by atoms with van der Waals surface area (Å²) in [5, 5.41) is 20.5. The third kappa shape index (κ3) is 3.57. The van der Waals surface area contributed by atoms with Gasteiger partial charge in [0.15, 0.2) is 0 Å². The highest BCUT2D eigenvalue weighted by Crippen LogP contribution is 2.16. The molecule has 0 saturated carbocycles. The second kappa shape index (κ2) is 6.03. The zero-order valence-corrected chi connectivity index (χ0v) is 10.7. The smallest absolute Gasteiger partial charge is 0.256 e. The van der Waals surface area contributed by atoms with Gasteiger partial charge in [-0.2, -0.15) is 0 Å². The van der Waals surface area contributed by atoms with Gasteiger partial charge in [-0.1, -0.05) is 12.1 Å². The van der Waals surface area contributed by atoms with E-state index in [4.69, 9.17) is 16.0 Å². The lowest BCUT2D eigenvalue weighted by molar-refractivity contribution is 0.0781. The Morgan fingerprint density at radius 3 is 2.74 bits per heavy atom. The summed E-state index contributed by atoms with van der Waals surface area (Å²) in [4.78, 5) is 13.2. The van der Waals surface area contributed by atoms with E-state index in [1.165, 1.54) is 24.1 Å². The molecule has 0 radical (unpaired) electrons. The summed E-state index contributed by atoms with van der Waals surface area (Å²) >= 11 is 0. The number of aromatic hydroxyl groups is 1. The van der Waals surface area contributed by atoms with Crippen LogP contribution >= 0.6 is 0 Å². The molecule has 0 spiro atoms. The molecule has 19 heavy (non-hydrogen) atoms. The van der Waals surface area contributed by atoms with E-state index in [1.54, 1.807) is 6.92 Å². The summed E-state index contributed by atoms with van der Waals surface area (Å²) in [5.41, 5.74) is 5.26. The molecular formula is C12H16FN3O3. The predicted molar refractivity (Wildman–Crippen MR) is 67.6 cm³/mol. The molecule has 1 amide bonds. The van der Waals surface area contributed by atoms with Gasteiger partial charge >= 0.3 is 0 Å². The minimum Gasteiger partial charge on any atom is -0.508 e. The molecule has 104 valence electrons. The maximum absolute atomic E-state index is 13.5. The minimum absolute atomic E-state index is 0.00849. The van der Waals surface area contributed by atoms with Crippen molar-refractivity contribution in [1.82, 2.24) is 4.90 Å². The number of carbonyl (C=O) groups excluding carboxylic acids is 1. The van der Waals surface area contributed by atoms with E-state index in [2.05, 4.69) is 5.16 Å². The van der Waals surface area contributed by atoms with E-state index in [0.29, 0.717) is 0 Å². The topological polar surface area (TPSA) is 99.2 Å². The number of amides is 1. The van der Waals surface area contributed by atoms with Gasteiger partial charge in [0.05, 0.1) is 5.56 Å². The maximum atomic E-state index is 13.5. The van der Waals surface area contributed by atoms with Crippen LogP contribution in [-0.2, 0) is 0 Å². The molecule has 0 bridgehead atoms. The molecule has 1 aromatic carbocycles. The van der Waals surface area contributed by atoms with Crippen LogP contribution in [0.2, 0.25) is 0 Å². The number of phenolic OH excluding ortho intramolecular Hbond substituents is 1. The van der Waals surface area contributed by atoms with Crippen LogP contribution in [0.25, 0.3) is 0 Å². The van der Waals surface area contributed by atoms with Gasteiger partial charge in [-0.15, -0.1) is 0 Å². The number of benzene rings is 1. The molecule has 0 aliphatic heterocycles. The summed E-state index contributed by atoms with van der Waals surface area (Å²) in [6, 6.07) is 3.31. The van der Waals surface area contributed by atoms with Gasteiger partial charge in [-0.05, 0) is 12.1 Å². The number of carbonyl (C=O) groups is 1. The Morgan fingerprint density at radius 1 is 1.58 bits per heavy atom. The molecule has 1 rings (SSSR count). The van der Waals surface area contributed by atoms with Crippen molar-refractivity contribution >= 4 is 11.7 Å². The molecule has 6 nitrogen and oxygen atoms in total. The van der Waals surface area contributed by atoms with Gasteiger partial charge in [0.1, 0.15) is 17.4 Å². The van der Waals surface area contributed by atoms with Gasteiger partial charge in [0.2, 0.25) is 0 Å². The highest BCUT2D eigenvalue weighted by atomic mass is 19.1. The van der Waals surface area contributed by atoms with Crippen molar-refractivity contribution in [2.24, 2.45) is 16.8 Å².